The number of carbonyl (C=O) groups is 2. The molecule has 1 atom stereocenters. The van der Waals surface area contributed by atoms with Crippen LogP contribution in [0.25, 0.3) is 0 Å². The second kappa shape index (κ2) is 15.2. The Morgan fingerprint density at radius 2 is 1.44 bits per heavy atom. The third-order valence-electron chi connectivity index (χ3n) is 6.81. The number of nitrogens with zero attached hydrogens (tertiary/aromatic N) is 2. The number of amides is 2. The molecule has 0 saturated heterocycles. The van der Waals surface area contributed by atoms with E-state index in [1.165, 1.54) is 17.0 Å². The van der Waals surface area contributed by atoms with Gasteiger partial charge in [0.1, 0.15) is 12.6 Å². The number of hydrogen-bond donors (Lipinski definition) is 1. The van der Waals surface area contributed by atoms with Crippen molar-refractivity contribution in [1.82, 2.24) is 10.2 Å². The number of carbonyl (C=O) groups excluding carboxylic acids is 2. The van der Waals surface area contributed by atoms with Gasteiger partial charge >= 0.3 is 0 Å². The zero-order chi connectivity index (χ0) is 30.8. The normalized spacial score (nSPS) is 11.9. The monoisotopic (exact) mass is 681 g/mol. The van der Waals surface area contributed by atoms with Crippen LogP contribution in [0.2, 0.25) is 5.02 Å². The van der Waals surface area contributed by atoms with Crippen molar-refractivity contribution in [3.8, 4) is 0 Å². The minimum atomic E-state index is -4.16. The van der Waals surface area contributed by atoms with Gasteiger partial charge in [-0.3, -0.25) is 13.9 Å². The molecule has 0 fully saturated rings. The summed E-state index contributed by atoms with van der Waals surface area (Å²) in [5.74, 6) is -0.829. The lowest BCUT2D eigenvalue weighted by Gasteiger charge is -2.34. The van der Waals surface area contributed by atoms with Gasteiger partial charge in [-0.25, -0.2) is 8.42 Å². The average Bonchev–Trinajstić information content (AvgIpc) is 3.02. The van der Waals surface area contributed by atoms with Crippen LogP contribution in [0.1, 0.15) is 24.5 Å². The molecule has 0 aliphatic rings. The fraction of sp³-hybridized carbons (Fsp3) is 0.212. The highest BCUT2D eigenvalue weighted by atomic mass is 79.9. The lowest BCUT2D eigenvalue weighted by molar-refractivity contribution is -0.140. The summed E-state index contributed by atoms with van der Waals surface area (Å²) in [5.41, 5.74) is 1.95. The van der Waals surface area contributed by atoms with Crippen LogP contribution in [0.4, 0.5) is 5.69 Å². The summed E-state index contributed by atoms with van der Waals surface area (Å²) >= 11 is 9.56. The SMILES string of the molecule is CCCNC(=O)[C@H](Cc1ccccc1)N(Cc1ccc(Br)cc1)C(=O)CN(c1ccc(Cl)cc1)S(=O)(=O)c1ccccc1. The molecule has 2 amide bonds. The van der Waals surface area contributed by atoms with E-state index >= 15 is 0 Å². The van der Waals surface area contributed by atoms with Gasteiger partial charge in [0.2, 0.25) is 11.8 Å². The summed E-state index contributed by atoms with van der Waals surface area (Å²) in [7, 11) is -4.16. The number of benzene rings is 4. The largest absolute Gasteiger partial charge is 0.354 e. The highest BCUT2D eigenvalue weighted by molar-refractivity contribution is 9.10. The van der Waals surface area contributed by atoms with Crippen molar-refractivity contribution in [1.29, 1.82) is 0 Å². The molecule has 0 heterocycles. The first kappa shape index (κ1) is 32.3. The van der Waals surface area contributed by atoms with Crippen LogP contribution in [0.15, 0.2) is 119 Å². The average molecular weight is 683 g/mol. The molecule has 4 aromatic rings. The molecule has 0 radical (unpaired) electrons. The first-order chi connectivity index (χ1) is 20.7. The van der Waals surface area contributed by atoms with E-state index in [0.29, 0.717) is 11.6 Å². The van der Waals surface area contributed by atoms with E-state index in [-0.39, 0.29) is 29.5 Å². The van der Waals surface area contributed by atoms with Gasteiger partial charge in [-0.05, 0) is 66.1 Å². The van der Waals surface area contributed by atoms with E-state index in [0.717, 1.165) is 26.3 Å². The van der Waals surface area contributed by atoms with Crippen molar-refractivity contribution in [2.24, 2.45) is 0 Å². The molecule has 0 unspecified atom stereocenters. The van der Waals surface area contributed by atoms with E-state index in [4.69, 9.17) is 11.6 Å². The molecule has 43 heavy (non-hydrogen) atoms. The predicted octanol–water partition coefficient (Wildman–Crippen LogP) is 6.46. The summed E-state index contributed by atoms with van der Waals surface area (Å²) in [6, 6.07) is 30.2. The molecule has 0 aliphatic carbocycles. The first-order valence-corrected chi connectivity index (χ1v) is 16.5. The number of nitrogens with one attached hydrogen (secondary N) is 1. The van der Waals surface area contributed by atoms with E-state index in [1.54, 1.807) is 42.5 Å². The van der Waals surface area contributed by atoms with Gasteiger partial charge in [-0.15, -0.1) is 0 Å². The molecular formula is C33H33BrClN3O4S. The number of anilines is 1. The fourth-order valence-electron chi connectivity index (χ4n) is 4.56. The van der Waals surface area contributed by atoms with Crippen molar-refractivity contribution in [2.45, 2.75) is 37.2 Å². The minimum Gasteiger partial charge on any atom is -0.354 e. The molecule has 0 aliphatic heterocycles. The maximum absolute atomic E-state index is 14.4. The number of hydrogen-bond acceptors (Lipinski definition) is 4. The molecule has 7 nitrogen and oxygen atoms in total. The molecule has 0 spiro atoms. The van der Waals surface area contributed by atoms with Gasteiger partial charge in [0.05, 0.1) is 10.6 Å². The molecule has 4 aromatic carbocycles. The summed E-state index contributed by atoms with van der Waals surface area (Å²) in [6.45, 7) is 1.98. The molecule has 10 heteroatoms. The Morgan fingerprint density at radius 1 is 0.837 bits per heavy atom. The Kier molecular flexibility index (Phi) is 11.4. The minimum absolute atomic E-state index is 0.0405. The quantitative estimate of drug-likeness (QED) is 0.175. The van der Waals surface area contributed by atoms with Crippen LogP contribution in [-0.4, -0.2) is 44.3 Å². The Bertz CT molecular complexity index is 1600. The second-order valence-corrected chi connectivity index (χ2v) is 13.2. The van der Waals surface area contributed by atoms with Crippen LogP contribution >= 0.6 is 27.5 Å². The van der Waals surface area contributed by atoms with Crippen molar-refractivity contribution < 1.29 is 18.0 Å². The number of rotatable bonds is 13. The summed E-state index contributed by atoms with van der Waals surface area (Å²) in [4.78, 5) is 29.5. The lowest BCUT2D eigenvalue weighted by atomic mass is 10.0. The Balaban J connectivity index is 1.78. The second-order valence-electron chi connectivity index (χ2n) is 9.95. The standard InChI is InChI=1S/C33H33BrClN3O4S/c1-2-21-36-33(40)31(22-25-9-5-3-6-10-25)37(23-26-13-15-27(34)16-14-26)32(39)24-38(29-19-17-28(35)18-20-29)43(41,42)30-11-7-4-8-12-30/h3-20,31H,2,21-24H2,1H3,(H,36,40)/t31-/m0/s1. The maximum atomic E-state index is 14.4. The molecule has 1 N–H and O–H groups in total. The van der Waals surface area contributed by atoms with Crippen molar-refractivity contribution in [2.75, 3.05) is 17.4 Å². The number of halogens is 2. The molecule has 0 bridgehead atoms. The molecular weight excluding hydrogens is 650 g/mol. The summed E-state index contributed by atoms with van der Waals surface area (Å²) in [5, 5.41) is 3.37. The first-order valence-electron chi connectivity index (χ1n) is 13.9. The predicted molar refractivity (Wildman–Crippen MR) is 174 cm³/mol. The smallest absolute Gasteiger partial charge is 0.264 e. The van der Waals surface area contributed by atoms with Crippen LogP contribution in [-0.2, 0) is 32.6 Å². The maximum Gasteiger partial charge on any atom is 0.264 e. The van der Waals surface area contributed by atoms with Crippen molar-refractivity contribution >= 4 is 55.1 Å². The number of sulfonamides is 1. The summed E-state index contributed by atoms with van der Waals surface area (Å²) in [6.07, 6.45) is 0.981. The van der Waals surface area contributed by atoms with Gasteiger partial charge < -0.3 is 10.2 Å². The Morgan fingerprint density at radius 3 is 2.05 bits per heavy atom. The third kappa shape index (κ3) is 8.69. The zero-order valence-electron chi connectivity index (χ0n) is 23.7. The molecule has 0 aromatic heterocycles. The van der Waals surface area contributed by atoms with Crippen LogP contribution in [0.5, 0.6) is 0 Å². The van der Waals surface area contributed by atoms with Gasteiger partial charge in [0.15, 0.2) is 0 Å². The Hall–Kier alpha value is -3.66. The van der Waals surface area contributed by atoms with Crippen molar-refractivity contribution in [3.05, 3.63) is 130 Å². The van der Waals surface area contributed by atoms with Gasteiger partial charge in [0, 0.05) is 29.0 Å². The highest BCUT2D eigenvalue weighted by Crippen LogP contribution is 2.26. The lowest BCUT2D eigenvalue weighted by Crippen LogP contribution is -2.53. The van der Waals surface area contributed by atoms with Crippen LogP contribution in [0.3, 0.4) is 0 Å². The summed E-state index contributed by atoms with van der Waals surface area (Å²) < 4.78 is 29.8. The van der Waals surface area contributed by atoms with E-state index in [1.807, 2.05) is 61.5 Å². The van der Waals surface area contributed by atoms with Crippen LogP contribution in [0, 0.1) is 0 Å². The van der Waals surface area contributed by atoms with E-state index in [9.17, 15) is 18.0 Å². The van der Waals surface area contributed by atoms with Gasteiger partial charge in [-0.1, -0.05) is 95.1 Å². The molecule has 0 saturated carbocycles. The van der Waals surface area contributed by atoms with Crippen LogP contribution < -0.4 is 9.62 Å². The highest BCUT2D eigenvalue weighted by Gasteiger charge is 2.34. The third-order valence-corrected chi connectivity index (χ3v) is 9.38. The fourth-order valence-corrected chi connectivity index (χ4v) is 6.39. The van der Waals surface area contributed by atoms with Gasteiger partial charge in [-0.2, -0.15) is 0 Å². The van der Waals surface area contributed by atoms with E-state index < -0.39 is 28.5 Å². The topological polar surface area (TPSA) is 86.8 Å². The zero-order valence-corrected chi connectivity index (χ0v) is 26.9. The van der Waals surface area contributed by atoms with E-state index in [2.05, 4.69) is 21.2 Å². The van der Waals surface area contributed by atoms with Gasteiger partial charge in [0.25, 0.3) is 10.0 Å². The molecule has 4 rings (SSSR count). The molecule has 224 valence electrons. The Labute approximate surface area is 266 Å². The van der Waals surface area contributed by atoms with Crippen molar-refractivity contribution in [3.63, 3.8) is 0 Å².